The number of aliphatic imine (C=N–C) groups is 1. The van der Waals surface area contributed by atoms with E-state index in [1.807, 2.05) is 6.92 Å². The molecule has 0 saturated heterocycles. The molecule has 0 fully saturated rings. The van der Waals surface area contributed by atoms with Crippen LogP contribution in [0.4, 0.5) is 13.2 Å². The number of alkyl halides is 3. The van der Waals surface area contributed by atoms with Crippen LogP contribution in [0.25, 0.3) is 0 Å². The number of methoxy groups -OCH3 is 1. The van der Waals surface area contributed by atoms with Crippen molar-refractivity contribution in [3.05, 3.63) is 17.5 Å². The van der Waals surface area contributed by atoms with Gasteiger partial charge < -0.3 is 15.8 Å². The molecule has 1 aromatic heterocycles. The lowest BCUT2D eigenvalue weighted by Gasteiger charge is -2.13. The summed E-state index contributed by atoms with van der Waals surface area (Å²) in [7, 11) is 2.96. The first-order chi connectivity index (χ1) is 9.24. The van der Waals surface area contributed by atoms with E-state index in [0.717, 1.165) is 4.68 Å². The Bertz CT molecular complexity index is 475. The molecule has 0 aromatic carbocycles. The highest BCUT2D eigenvalue weighted by Gasteiger charge is 2.36. The van der Waals surface area contributed by atoms with E-state index in [1.54, 1.807) is 0 Å². The monoisotopic (exact) mass is 421 g/mol. The third-order valence-corrected chi connectivity index (χ3v) is 2.40. The minimum absolute atomic E-state index is 0. The average molecular weight is 421 g/mol. The molecule has 122 valence electrons. The van der Waals surface area contributed by atoms with Gasteiger partial charge in [0.25, 0.3) is 0 Å². The number of aryl methyl sites for hydroxylation is 1. The maximum atomic E-state index is 12.7. The minimum atomic E-state index is -4.50. The Hall–Kier alpha value is -1.04. The highest BCUT2D eigenvalue weighted by molar-refractivity contribution is 14.0. The quantitative estimate of drug-likeness (QED) is 0.429. The van der Waals surface area contributed by atoms with E-state index in [4.69, 9.17) is 10.5 Å². The normalized spacial score (nSPS) is 13.7. The number of hydrogen-bond donors (Lipinski definition) is 2. The largest absolute Gasteiger partial charge is 0.435 e. The van der Waals surface area contributed by atoms with Crippen LogP contribution >= 0.6 is 24.0 Å². The van der Waals surface area contributed by atoms with Gasteiger partial charge in [-0.15, -0.1) is 24.0 Å². The molecule has 0 aliphatic carbocycles. The molecule has 0 amide bonds. The van der Waals surface area contributed by atoms with Crippen LogP contribution in [0.1, 0.15) is 18.2 Å². The Morgan fingerprint density at radius 1 is 1.57 bits per heavy atom. The number of ether oxygens (including phenoxy) is 1. The molecule has 21 heavy (non-hydrogen) atoms. The second-order valence-electron chi connectivity index (χ2n) is 4.38. The van der Waals surface area contributed by atoms with Gasteiger partial charge in [0.1, 0.15) is 0 Å². The Balaban J connectivity index is 0.00000400. The number of nitrogens with two attached hydrogens (primary N) is 1. The van der Waals surface area contributed by atoms with Crippen molar-refractivity contribution in [1.82, 2.24) is 15.1 Å². The van der Waals surface area contributed by atoms with Gasteiger partial charge in [-0.05, 0) is 6.92 Å². The summed E-state index contributed by atoms with van der Waals surface area (Å²) in [5.74, 6) is 0.0616. The van der Waals surface area contributed by atoms with Gasteiger partial charge in [-0.25, -0.2) is 4.99 Å². The summed E-state index contributed by atoms with van der Waals surface area (Å²) in [5.41, 5.74) is 4.63. The molecule has 1 heterocycles. The second kappa shape index (κ2) is 8.41. The van der Waals surface area contributed by atoms with Crippen molar-refractivity contribution in [2.45, 2.75) is 25.7 Å². The molecule has 3 N–H and O–H groups in total. The number of nitrogens with one attached hydrogen (secondary N) is 1. The number of halogens is 4. The SMILES string of the molecule is COCC(C)NC(N)=NCc1cn(C)nc1C(F)(F)F.I. The zero-order valence-corrected chi connectivity index (χ0v) is 14.3. The van der Waals surface area contributed by atoms with Gasteiger partial charge in [-0.1, -0.05) is 0 Å². The van der Waals surface area contributed by atoms with Crippen molar-refractivity contribution in [1.29, 1.82) is 0 Å². The number of aromatic nitrogens is 2. The van der Waals surface area contributed by atoms with Gasteiger partial charge in [0.05, 0.1) is 13.2 Å². The molecule has 6 nitrogen and oxygen atoms in total. The summed E-state index contributed by atoms with van der Waals surface area (Å²) < 4.78 is 44.1. The van der Waals surface area contributed by atoms with Crippen LogP contribution in [-0.4, -0.2) is 35.5 Å². The molecule has 1 unspecified atom stereocenters. The number of guanidine groups is 1. The van der Waals surface area contributed by atoms with Gasteiger partial charge in [0.15, 0.2) is 11.7 Å². The molecule has 10 heteroatoms. The number of hydrogen-bond acceptors (Lipinski definition) is 3. The van der Waals surface area contributed by atoms with Gasteiger partial charge >= 0.3 is 6.18 Å². The zero-order chi connectivity index (χ0) is 15.3. The minimum Gasteiger partial charge on any atom is -0.383 e. The second-order valence-corrected chi connectivity index (χ2v) is 4.38. The summed E-state index contributed by atoms with van der Waals surface area (Å²) in [6, 6.07) is -0.0836. The molecular weight excluding hydrogens is 402 g/mol. The lowest BCUT2D eigenvalue weighted by atomic mass is 10.2. The van der Waals surface area contributed by atoms with Crippen molar-refractivity contribution in [3.8, 4) is 0 Å². The van der Waals surface area contributed by atoms with E-state index < -0.39 is 11.9 Å². The van der Waals surface area contributed by atoms with Crippen LogP contribution in [0.3, 0.4) is 0 Å². The van der Waals surface area contributed by atoms with E-state index in [9.17, 15) is 13.2 Å². The van der Waals surface area contributed by atoms with Crippen LogP contribution in [0.15, 0.2) is 11.2 Å². The molecule has 0 bridgehead atoms. The molecule has 0 saturated carbocycles. The summed E-state index contributed by atoms with van der Waals surface area (Å²) in [4.78, 5) is 3.88. The molecule has 1 rings (SSSR count). The van der Waals surface area contributed by atoms with Crippen LogP contribution in [0.2, 0.25) is 0 Å². The van der Waals surface area contributed by atoms with Crippen LogP contribution in [-0.2, 0) is 24.5 Å². The van der Waals surface area contributed by atoms with Gasteiger partial charge in [-0.3, -0.25) is 4.68 Å². The highest BCUT2D eigenvalue weighted by atomic mass is 127. The van der Waals surface area contributed by atoms with Gasteiger partial charge in [-0.2, -0.15) is 18.3 Å². The first kappa shape index (κ1) is 20.0. The Morgan fingerprint density at radius 3 is 2.71 bits per heavy atom. The molecule has 0 radical (unpaired) electrons. The molecule has 0 spiro atoms. The number of rotatable bonds is 5. The van der Waals surface area contributed by atoms with Crippen molar-refractivity contribution >= 4 is 29.9 Å². The standard InChI is InChI=1S/C11H18F3N5O.HI/c1-7(6-20-3)17-10(15)16-4-8-5-19(2)18-9(8)11(12,13)14;/h5,7H,4,6H2,1-3H3,(H3,15,16,17);1H. The Kier molecular flexibility index (Phi) is 8.00. The maximum Gasteiger partial charge on any atom is 0.435 e. The zero-order valence-electron chi connectivity index (χ0n) is 11.9. The molecule has 1 atom stereocenters. The fourth-order valence-corrected chi connectivity index (χ4v) is 1.65. The third kappa shape index (κ3) is 6.50. The predicted octanol–water partition coefficient (Wildman–Crippen LogP) is 1.50. The molecule has 1 aromatic rings. The number of nitrogens with zero attached hydrogens (tertiary/aromatic N) is 3. The van der Waals surface area contributed by atoms with Crippen molar-refractivity contribution in [3.63, 3.8) is 0 Å². The highest BCUT2D eigenvalue weighted by Crippen LogP contribution is 2.30. The van der Waals surface area contributed by atoms with Crippen LogP contribution < -0.4 is 11.1 Å². The van der Waals surface area contributed by atoms with Crippen molar-refractivity contribution in [2.75, 3.05) is 13.7 Å². The van der Waals surface area contributed by atoms with E-state index >= 15 is 0 Å². The maximum absolute atomic E-state index is 12.7. The molecule has 0 aliphatic rings. The van der Waals surface area contributed by atoms with Crippen molar-refractivity contribution in [2.24, 2.45) is 17.8 Å². The van der Waals surface area contributed by atoms with Crippen LogP contribution in [0.5, 0.6) is 0 Å². The van der Waals surface area contributed by atoms with E-state index in [1.165, 1.54) is 20.4 Å². The fraction of sp³-hybridized carbons (Fsp3) is 0.636. The molecular formula is C11H19F3IN5O. The topological polar surface area (TPSA) is 77.5 Å². The summed E-state index contributed by atoms with van der Waals surface area (Å²) in [5, 5.41) is 6.20. The van der Waals surface area contributed by atoms with Crippen molar-refractivity contribution < 1.29 is 17.9 Å². The average Bonchev–Trinajstić information content (AvgIpc) is 2.68. The Labute approximate surface area is 137 Å². The first-order valence-electron chi connectivity index (χ1n) is 5.89. The predicted molar refractivity (Wildman–Crippen MR) is 83.4 cm³/mol. The lowest BCUT2D eigenvalue weighted by Crippen LogP contribution is -2.40. The fourth-order valence-electron chi connectivity index (χ4n) is 1.65. The van der Waals surface area contributed by atoms with E-state index in [-0.39, 0.29) is 48.1 Å². The van der Waals surface area contributed by atoms with Gasteiger partial charge in [0, 0.05) is 32.0 Å². The first-order valence-corrected chi connectivity index (χ1v) is 5.89. The summed E-state index contributed by atoms with van der Waals surface area (Å²) in [6.07, 6.45) is -3.23. The van der Waals surface area contributed by atoms with E-state index in [0.29, 0.717) is 6.61 Å². The summed E-state index contributed by atoms with van der Waals surface area (Å²) >= 11 is 0. The lowest BCUT2D eigenvalue weighted by molar-refractivity contribution is -0.142. The summed E-state index contributed by atoms with van der Waals surface area (Å²) in [6.45, 7) is 2.04. The van der Waals surface area contributed by atoms with Crippen LogP contribution in [0, 0.1) is 0 Å². The Morgan fingerprint density at radius 2 is 2.19 bits per heavy atom. The smallest absolute Gasteiger partial charge is 0.383 e. The van der Waals surface area contributed by atoms with Gasteiger partial charge in [0.2, 0.25) is 0 Å². The van der Waals surface area contributed by atoms with E-state index in [2.05, 4.69) is 15.4 Å². The molecule has 0 aliphatic heterocycles. The third-order valence-electron chi connectivity index (χ3n) is 2.40.